The van der Waals surface area contributed by atoms with E-state index in [0.717, 1.165) is 15.7 Å². The number of hydrogen-bond acceptors (Lipinski definition) is 4. The fraction of sp³-hybridized carbons (Fsp3) is 0.136. The van der Waals surface area contributed by atoms with E-state index in [1.54, 1.807) is 13.2 Å². The van der Waals surface area contributed by atoms with E-state index in [1.165, 1.54) is 24.3 Å². The molecule has 0 radical (unpaired) electrons. The Kier molecular flexibility index (Phi) is 7.08. The van der Waals surface area contributed by atoms with Crippen molar-refractivity contribution < 1.29 is 18.7 Å². The molecule has 3 aromatic rings. The molecule has 0 aromatic heterocycles. The number of hydrogen-bond donors (Lipinski definition) is 2. The molecular weight excluding hydrogens is 439 g/mol. The molecule has 0 spiro atoms. The minimum Gasteiger partial charge on any atom is -0.493 e. The van der Waals surface area contributed by atoms with Gasteiger partial charge in [0, 0.05) is 22.4 Å². The van der Waals surface area contributed by atoms with Crippen LogP contribution in [-0.4, -0.2) is 19.6 Å². The molecule has 0 unspecified atom stereocenters. The third kappa shape index (κ3) is 6.22. The van der Waals surface area contributed by atoms with Gasteiger partial charge in [-0.3, -0.25) is 4.79 Å². The Morgan fingerprint density at radius 1 is 0.966 bits per heavy atom. The van der Waals surface area contributed by atoms with Crippen LogP contribution in [0.25, 0.3) is 0 Å². The maximum absolute atomic E-state index is 12.9. The average Bonchev–Trinajstić information content (AvgIpc) is 2.73. The van der Waals surface area contributed by atoms with Crippen molar-refractivity contribution in [2.24, 2.45) is 0 Å². The molecule has 0 bridgehead atoms. The van der Waals surface area contributed by atoms with E-state index in [-0.39, 0.29) is 18.3 Å². The lowest BCUT2D eigenvalue weighted by molar-refractivity contribution is -0.118. The van der Waals surface area contributed by atoms with Crippen LogP contribution >= 0.6 is 15.9 Å². The van der Waals surface area contributed by atoms with Gasteiger partial charge in [-0.25, -0.2) is 4.39 Å². The quantitative estimate of drug-likeness (QED) is 0.485. The Morgan fingerprint density at radius 2 is 1.66 bits per heavy atom. The second-order valence-electron chi connectivity index (χ2n) is 6.19. The van der Waals surface area contributed by atoms with Crippen LogP contribution in [0.15, 0.2) is 71.2 Å². The maximum atomic E-state index is 12.9. The number of rotatable bonds is 8. The molecule has 0 aliphatic heterocycles. The lowest BCUT2D eigenvalue weighted by Crippen LogP contribution is -2.20. The van der Waals surface area contributed by atoms with Crippen LogP contribution in [0.2, 0.25) is 0 Å². The lowest BCUT2D eigenvalue weighted by Gasteiger charge is -2.13. The Hall–Kier alpha value is -3.06. The molecule has 0 atom stereocenters. The summed E-state index contributed by atoms with van der Waals surface area (Å²) in [5.74, 6) is 0.294. The van der Waals surface area contributed by atoms with Gasteiger partial charge in [0.2, 0.25) is 0 Å². The topological polar surface area (TPSA) is 59.6 Å². The Labute approximate surface area is 177 Å². The second kappa shape index (κ2) is 9.93. The van der Waals surface area contributed by atoms with E-state index in [1.807, 2.05) is 36.4 Å². The first-order valence-electron chi connectivity index (χ1n) is 8.88. The van der Waals surface area contributed by atoms with Gasteiger partial charge in [-0.1, -0.05) is 22.0 Å². The number of nitrogens with one attached hydrogen (secondary N) is 2. The molecule has 0 aliphatic rings. The van der Waals surface area contributed by atoms with Crippen molar-refractivity contribution in [3.63, 3.8) is 0 Å². The van der Waals surface area contributed by atoms with Gasteiger partial charge in [0.25, 0.3) is 5.91 Å². The second-order valence-corrected chi connectivity index (χ2v) is 7.11. The number of benzene rings is 3. The van der Waals surface area contributed by atoms with Gasteiger partial charge >= 0.3 is 0 Å². The minimum atomic E-state index is -0.362. The number of methoxy groups -OCH3 is 1. The molecule has 0 saturated heterocycles. The van der Waals surface area contributed by atoms with Gasteiger partial charge in [0.1, 0.15) is 5.82 Å². The summed E-state index contributed by atoms with van der Waals surface area (Å²) in [7, 11) is 1.55. The fourth-order valence-corrected chi connectivity index (χ4v) is 2.85. The number of anilines is 2. The minimum absolute atomic E-state index is 0.190. The van der Waals surface area contributed by atoms with Crippen LogP contribution in [0, 0.1) is 5.82 Å². The molecule has 1 amide bonds. The Morgan fingerprint density at radius 3 is 2.34 bits per heavy atom. The zero-order valence-electron chi connectivity index (χ0n) is 15.7. The maximum Gasteiger partial charge on any atom is 0.262 e. The number of carbonyl (C=O) groups excluding carboxylic acids is 1. The van der Waals surface area contributed by atoms with Crippen LogP contribution in [0.4, 0.5) is 15.8 Å². The summed E-state index contributed by atoms with van der Waals surface area (Å²) >= 11 is 3.41. The fourth-order valence-electron chi connectivity index (χ4n) is 2.59. The van der Waals surface area contributed by atoms with Crippen molar-refractivity contribution in [1.29, 1.82) is 0 Å². The summed E-state index contributed by atoms with van der Waals surface area (Å²) in [6.45, 7) is 0.424. The van der Waals surface area contributed by atoms with Crippen LogP contribution in [-0.2, 0) is 11.3 Å². The Bertz CT molecular complexity index is 963. The van der Waals surface area contributed by atoms with Gasteiger partial charge in [0.15, 0.2) is 18.1 Å². The average molecular weight is 459 g/mol. The van der Waals surface area contributed by atoms with Crippen LogP contribution in [0.5, 0.6) is 11.5 Å². The first-order valence-corrected chi connectivity index (χ1v) is 9.67. The highest BCUT2D eigenvalue weighted by Gasteiger charge is 2.09. The van der Waals surface area contributed by atoms with Gasteiger partial charge in [-0.05, 0) is 66.2 Å². The van der Waals surface area contributed by atoms with Gasteiger partial charge in [0.05, 0.1) is 7.11 Å². The SMILES string of the molecule is COc1cc(CNc2ccc(Br)cc2)ccc1OCC(=O)Nc1ccc(F)cc1. The van der Waals surface area contributed by atoms with Crippen molar-refractivity contribution in [3.05, 3.63) is 82.6 Å². The third-order valence-corrected chi connectivity index (χ3v) is 4.58. The zero-order valence-corrected chi connectivity index (χ0v) is 17.3. The smallest absolute Gasteiger partial charge is 0.262 e. The molecule has 0 saturated carbocycles. The molecule has 0 heterocycles. The van der Waals surface area contributed by atoms with Crippen molar-refractivity contribution in [2.45, 2.75) is 6.54 Å². The van der Waals surface area contributed by atoms with Crippen molar-refractivity contribution in [1.82, 2.24) is 0 Å². The zero-order chi connectivity index (χ0) is 20.6. The van der Waals surface area contributed by atoms with E-state index in [4.69, 9.17) is 9.47 Å². The van der Waals surface area contributed by atoms with Gasteiger partial charge in [-0.15, -0.1) is 0 Å². The number of ether oxygens (including phenoxy) is 2. The highest BCUT2D eigenvalue weighted by molar-refractivity contribution is 9.10. The molecule has 2 N–H and O–H groups in total. The van der Waals surface area contributed by atoms with E-state index in [2.05, 4.69) is 26.6 Å². The lowest BCUT2D eigenvalue weighted by atomic mass is 10.2. The highest BCUT2D eigenvalue weighted by Crippen LogP contribution is 2.28. The standard InChI is InChI=1S/C22H20BrFN2O3/c1-28-21-12-15(13-25-18-7-3-16(23)4-8-18)2-11-20(21)29-14-22(27)26-19-9-5-17(24)6-10-19/h2-12,25H,13-14H2,1H3,(H,26,27). The molecule has 3 rings (SSSR count). The van der Waals surface area contributed by atoms with Crippen molar-refractivity contribution >= 4 is 33.2 Å². The summed E-state index contributed by atoms with van der Waals surface area (Å²) in [6.07, 6.45) is 0. The van der Waals surface area contributed by atoms with Crippen LogP contribution in [0.1, 0.15) is 5.56 Å². The predicted molar refractivity (Wildman–Crippen MR) is 115 cm³/mol. The van der Waals surface area contributed by atoms with Crippen molar-refractivity contribution in [2.75, 3.05) is 24.4 Å². The first-order chi connectivity index (χ1) is 14.0. The van der Waals surface area contributed by atoms with Crippen molar-refractivity contribution in [3.8, 4) is 11.5 Å². The highest BCUT2D eigenvalue weighted by atomic mass is 79.9. The molecule has 3 aromatic carbocycles. The van der Waals surface area contributed by atoms with Crippen LogP contribution < -0.4 is 20.1 Å². The number of amides is 1. The summed E-state index contributed by atoms with van der Waals surface area (Å²) < 4.78 is 24.9. The monoisotopic (exact) mass is 458 g/mol. The number of carbonyl (C=O) groups is 1. The molecule has 150 valence electrons. The third-order valence-electron chi connectivity index (χ3n) is 4.06. The molecule has 5 nitrogen and oxygen atoms in total. The summed E-state index contributed by atoms with van der Waals surface area (Å²) in [5.41, 5.74) is 2.51. The Balaban J connectivity index is 1.55. The summed E-state index contributed by atoms with van der Waals surface area (Å²) in [5, 5.41) is 5.98. The summed E-state index contributed by atoms with van der Waals surface area (Å²) in [4.78, 5) is 12.0. The first kappa shape index (κ1) is 20.7. The van der Waals surface area contributed by atoms with Gasteiger partial charge in [-0.2, -0.15) is 0 Å². The largest absolute Gasteiger partial charge is 0.493 e. The number of halogens is 2. The summed E-state index contributed by atoms with van der Waals surface area (Å²) in [6, 6.07) is 19.0. The normalized spacial score (nSPS) is 10.3. The van der Waals surface area contributed by atoms with E-state index in [0.29, 0.717) is 23.7 Å². The van der Waals surface area contributed by atoms with Crippen LogP contribution in [0.3, 0.4) is 0 Å². The predicted octanol–water partition coefficient (Wildman–Crippen LogP) is 5.23. The molecule has 0 aliphatic carbocycles. The van der Waals surface area contributed by atoms with E-state index in [9.17, 15) is 9.18 Å². The molecule has 0 fully saturated rings. The van der Waals surface area contributed by atoms with E-state index >= 15 is 0 Å². The molecular formula is C22H20BrFN2O3. The molecule has 7 heteroatoms. The van der Waals surface area contributed by atoms with Gasteiger partial charge < -0.3 is 20.1 Å². The van der Waals surface area contributed by atoms with E-state index < -0.39 is 0 Å². The molecule has 29 heavy (non-hydrogen) atoms.